The molecule has 0 saturated heterocycles. The van der Waals surface area contributed by atoms with Gasteiger partial charge in [0.1, 0.15) is 0 Å². The van der Waals surface area contributed by atoms with Gasteiger partial charge in [0, 0.05) is 63.7 Å². The summed E-state index contributed by atoms with van der Waals surface area (Å²) in [5, 5.41) is 56.8. The number of pyridine rings is 4. The summed E-state index contributed by atoms with van der Waals surface area (Å²) in [6.45, 7) is 0. The van der Waals surface area contributed by atoms with Crippen molar-refractivity contribution in [3.05, 3.63) is 248 Å². The van der Waals surface area contributed by atoms with Crippen molar-refractivity contribution in [1.82, 2.24) is 81.1 Å². The Balaban J connectivity index is 0.000000162. The van der Waals surface area contributed by atoms with Crippen LogP contribution in [0.3, 0.4) is 0 Å². The Hall–Kier alpha value is -11.9. The van der Waals surface area contributed by atoms with Crippen molar-refractivity contribution in [1.29, 1.82) is 0 Å². The molecule has 8 aromatic heterocycles. The van der Waals surface area contributed by atoms with Crippen molar-refractivity contribution in [2.24, 2.45) is 20.0 Å². The molecular weight excluding hydrogens is 1260 g/mol. The Morgan fingerprint density at radius 1 is 0.322 bits per heavy atom. The number of benzene rings is 4. The number of aliphatic imine (C=N–C) groups is 4. The minimum atomic E-state index is -1.75. The van der Waals surface area contributed by atoms with E-state index in [0.717, 1.165) is 44.1 Å². The fourth-order valence-electron chi connectivity index (χ4n) is 10.5. The molecule has 0 unspecified atom stereocenters. The molecule has 0 saturated carbocycles. The molecule has 440 valence electrons. The molecule has 0 radical (unpaired) electrons. The molecule has 90 heavy (non-hydrogen) atoms. The predicted molar refractivity (Wildman–Crippen MR) is 326 cm³/mol. The van der Waals surface area contributed by atoms with Crippen molar-refractivity contribution < 1.29 is 49.1 Å². The third-order valence-corrected chi connectivity index (χ3v) is 14.0. The van der Waals surface area contributed by atoms with Crippen molar-refractivity contribution >= 4 is 91.8 Å². The van der Waals surface area contributed by atoms with E-state index in [4.69, 9.17) is 70.5 Å². The van der Waals surface area contributed by atoms with Crippen molar-refractivity contribution in [3.63, 3.8) is 0 Å². The molecule has 0 aliphatic carbocycles. The zero-order valence-electron chi connectivity index (χ0n) is 46.6. The average Bonchev–Trinajstić information content (AvgIpc) is 1.55. The van der Waals surface area contributed by atoms with E-state index in [-0.39, 0.29) is 39.0 Å². The number of hydrogen-bond acceptors (Lipinski definition) is 26. The minimum absolute atomic E-state index is 0. The number of para-hydroxylation sites is 8. The zero-order valence-corrected chi connectivity index (χ0v) is 52.5. The summed E-state index contributed by atoms with van der Waals surface area (Å²) < 4.78 is 0. The number of anilines is 4. The quantitative estimate of drug-likeness (QED) is 0.0453. The molecule has 4 aliphatic heterocycles. The molecule has 12 aromatic rings. The number of aromatic nitrogens is 12. The van der Waals surface area contributed by atoms with Gasteiger partial charge in [-0.25, -0.2) is 39.9 Å². The molecule has 0 bridgehead atoms. The number of nitrogens with zero attached hydrogens (tertiary/aromatic N) is 14. The second kappa shape index (κ2) is 24.8. The fourth-order valence-corrected chi connectivity index (χ4v) is 10.5. The third kappa shape index (κ3) is 11.4. The summed E-state index contributed by atoms with van der Waals surface area (Å²) in [5.41, 5.74) is 4.88. The van der Waals surface area contributed by atoms with E-state index in [0.29, 0.717) is 70.4 Å². The van der Waals surface area contributed by atoms with Gasteiger partial charge in [-0.05, 0) is 97.1 Å². The normalized spacial score (nSPS) is 19.6. The van der Waals surface area contributed by atoms with E-state index in [2.05, 4.69) is 82.4 Å². The first-order chi connectivity index (χ1) is 42.9. The van der Waals surface area contributed by atoms with Gasteiger partial charge in [0.25, 0.3) is 0 Å². The average molecular weight is 1310 g/mol. The van der Waals surface area contributed by atoms with E-state index < -0.39 is 32.8 Å². The van der Waals surface area contributed by atoms with Gasteiger partial charge in [0.2, 0.25) is 70.3 Å². The summed E-state index contributed by atoms with van der Waals surface area (Å²) >= 11 is 0. The first kappa shape index (κ1) is 59.8. The molecule has 4 aliphatic rings. The van der Waals surface area contributed by atoms with Gasteiger partial charge in [0.05, 0.1) is 77.1 Å². The van der Waals surface area contributed by atoms with E-state index in [9.17, 15) is 0 Å². The van der Waals surface area contributed by atoms with Crippen LogP contribution in [0.25, 0.3) is 44.1 Å². The molecule has 0 amide bonds. The van der Waals surface area contributed by atoms with E-state index in [1.807, 2.05) is 170 Å². The number of fused-ring (bicyclic) bond motifs is 6. The van der Waals surface area contributed by atoms with Crippen molar-refractivity contribution in [2.75, 3.05) is 21.3 Å². The summed E-state index contributed by atoms with van der Waals surface area (Å²) in [5.74, 6) is 4.00. The van der Waals surface area contributed by atoms with Crippen LogP contribution in [0.5, 0.6) is 0 Å². The van der Waals surface area contributed by atoms with Crippen LogP contribution < -0.4 is 42.5 Å². The Morgan fingerprint density at radius 2 is 0.544 bits per heavy atom. The number of H-pyrrole nitrogens is 4. The van der Waals surface area contributed by atoms with Gasteiger partial charge in [-0.3, -0.25) is 41.2 Å². The van der Waals surface area contributed by atoms with Gasteiger partial charge in [-0.15, -0.1) is 0 Å². The smallest absolute Gasteiger partial charge is 0.246 e. The molecule has 16 rings (SSSR count). The van der Waals surface area contributed by atoms with Crippen LogP contribution in [0.15, 0.2) is 215 Å². The predicted octanol–water partition coefficient (Wildman–Crippen LogP) is 6.27. The molecular formula is C56H44N26O6Zn2-2. The second-order valence-corrected chi connectivity index (χ2v) is 19.4. The monoisotopic (exact) mass is 1300 g/mol. The number of nitrogens with one attached hydrogen (secondary N) is 12. The number of guanidine groups is 4. The van der Waals surface area contributed by atoms with Gasteiger partial charge in [0.15, 0.2) is 0 Å². The Bertz CT molecular complexity index is 4060. The van der Waals surface area contributed by atoms with Gasteiger partial charge >= 0.3 is 0 Å². The summed E-state index contributed by atoms with van der Waals surface area (Å²) in [6, 6.07) is 54.1. The number of hydrogen-bond donors (Lipinski definition) is 12. The molecule has 12 heterocycles. The number of imidazole rings is 4. The molecule has 34 heteroatoms. The molecule has 32 nitrogen and oxygen atoms in total. The summed E-state index contributed by atoms with van der Waals surface area (Å²) in [6.07, 6.45) is 6.94. The summed E-state index contributed by atoms with van der Waals surface area (Å²) in [4.78, 5) is 87.5. The summed E-state index contributed by atoms with van der Waals surface area (Å²) in [7, 11) is 0. The van der Waals surface area contributed by atoms with Crippen LogP contribution in [0.4, 0.5) is 23.8 Å². The maximum atomic E-state index is 8.25. The Morgan fingerprint density at radius 3 is 0.767 bits per heavy atom. The zero-order chi connectivity index (χ0) is 60.3. The number of aromatic amines is 4. The van der Waals surface area contributed by atoms with Crippen LogP contribution in [0.2, 0.25) is 0 Å². The molecule has 0 fully saturated rings. The van der Waals surface area contributed by atoms with E-state index >= 15 is 0 Å². The molecule has 0 spiro atoms. The minimum Gasteiger partial charge on any atom is -0.356 e. The third-order valence-electron chi connectivity index (χ3n) is 14.0. The van der Waals surface area contributed by atoms with Gasteiger partial charge in [-0.2, -0.15) is 0 Å². The first-order valence-electron chi connectivity index (χ1n) is 26.6. The van der Waals surface area contributed by atoms with Crippen LogP contribution in [-0.4, -0.2) is 93.8 Å². The second-order valence-electron chi connectivity index (χ2n) is 19.4. The van der Waals surface area contributed by atoms with Crippen LogP contribution >= 0.6 is 0 Å². The van der Waals surface area contributed by atoms with Crippen molar-refractivity contribution in [3.8, 4) is 0 Å². The Kier molecular flexibility index (Phi) is 16.5. The van der Waals surface area contributed by atoms with Crippen LogP contribution in [0.1, 0.15) is 22.8 Å². The van der Waals surface area contributed by atoms with Crippen LogP contribution in [0, 0.1) is 30.6 Å². The van der Waals surface area contributed by atoms with E-state index in [1.54, 1.807) is 24.8 Å². The van der Waals surface area contributed by atoms with Gasteiger partial charge in [-0.1, -0.05) is 72.8 Å². The molecule has 12 N–H and O–H groups in total. The maximum Gasteiger partial charge on any atom is 0.246 e. The fraction of sp³-hybridized carbons (Fsp3) is 0.0714. The van der Waals surface area contributed by atoms with Gasteiger partial charge < -0.3 is 71.8 Å². The molecule has 4 aromatic carbocycles. The van der Waals surface area contributed by atoms with Crippen LogP contribution in [-0.2, 0) is 61.6 Å². The topological polar surface area (TPSA) is 444 Å². The maximum absolute atomic E-state index is 8.25. The van der Waals surface area contributed by atoms with Crippen molar-refractivity contribution in [2.45, 2.75) is 22.7 Å². The largest absolute Gasteiger partial charge is 0.356 e. The Labute approximate surface area is 531 Å². The standard InChI is InChI=1S/2C28H22N12.2NO3.2Zn/c2*1-2-10-18-17(9-1)31-23(32-18)35-25-37-27(21-13-5-7-15-29-21)28(38-25,22-14-6-8-16-30-22)40-26(39-27)36-24-33-19-11-3-4-12-20(19)34-24;2*2-1(3)4;;/h2*1-16H,(H3,31,32,35,37,38)(H3,33,34,36,39,40);;;;/q;;2*-1;;. The first-order valence-corrected chi connectivity index (χ1v) is 26.6. The SMILES string of the molecule is O=[N+]([O-])[O-].O=[N+]([O-])[O-].[Zn].[Zn].c1ccc(C23N=C(Nc4nc5ccccc5[nH]4)NC2(c2ccccn2)NC(Nc2nc4ccccc4[nH]2)=N3)nc1.c1ccc(C23N=C(Nc4nc5ccccc5[nH]4)NC2(c2ccccn2)NC(Nc2nc4ccccc4[nH]2)=N3)nc1. The van der Waals surface area contributed by atoms with E-state index in [1.165, 1.54) is 0 Å². The molecule has 0 atom stereocenters. The number of rotatable bonds is 8.